The van der Waals surface area contributed by atoms with E-state index in [1.54, 1.807) is 18.2 Å². The average Bonchev–Trinajstić information content (AvgIpc) is 2.44. The van der Waals surface area contributed by atoms with E-state index < -0.39 is 0 Å². The lowest BCUT2D eigenvalue weighted by atomic mass is 10.1. The van der Waals surface area contributed by atoms with E-state index in [0.29, 0.717) is 16.6 Å². The lowest BCUT2D eigenvalue weighted by molar-refractivity contribution is 0.0601. The fraction of sp³-hybridized carbons (Fsp3) is 0.533. The first-order valence-electron chi connectivity index (χ1n) is 6.76. The number of methoxy groups -OCH3 is 1. The van der Waals surface area contributed by atoms with Gasteiger partial charge in [0.25, 0.3) is 0 Å². The largest absolute Gasteiger partial charge is 0.465 e. The van der Waals surface area contributed by atoms with Crippen LogP contribution in [0.3, 0.4) is 0 Å². The second-order valence-electron chi connectivity index (χ2n) is 4.58. The van der Waals surface area contributed by atoms with Gasteiger partial charge in [0, 0.05) is 6.04 Å². The third-order valence-electron chi connectivity index (χ3n) is 3.15. The smallest absolute Gasteiger partial charge is 0.337 e. The topological polar surface area (TPSA) is 38.3 Å². The molecule has 0 aliphatic carbocycles. The molecule has 4 heteroatoms. The quantitative estimate of drug-likeness (QED) is 0.748. The van der Waals surface area contributed by atoms with Gasteiger partial charge >= 0.3 is 5.97 Å². The fourth-order valence-corrected chi connectivity index (χ4v) is 2.10. The van der Waals surface area contributed by atoms with Crippen LogP contribution in [0.4, 0.5) is 5.69 Å². The zero-order chi connectivity index (χ0) is 14.3. The van der Waals surface area contributed by atoms with Crippen molar-refractivity contribution in [2.75, 3.05) is 12.4 Å². The maximum absolute atomic E-state index is 11.5. The number of benzene rings is 1. The van der Waals surface area contributed by atoms with Gasteiger partial charge in [-0.15, -0.1) is 0 Å². The van der Waals surface area contributed by atoms with Crippen LogP contribution in [0.1, 0.15) is 49.9 Å². The Balaban J connectivity index is 2.83. The molecule has 1 aromatic rings. The molecule has 0 bridgehead atoms. The number of unbranched alkanes of at least 4 members (excludes halogenated alkanes) is 1. The van der Waals surface area contributed by atoms with Crippen LogP contribution in [-0.4, -0.2) is 19.1 Å². The van der Waals surface area contributed by atoms with Crippen molar-refractivity contribution in [3.8, 4) is 0 Å². The van der Waals surface area contributed by atoms with Crippen molar-refractivity contribution in [1.29, 1.82) is 0 Å². The van der Waals surface area contributed by atoms with Gasteiger partial charge < -0.3 is 10.1 Å². The summed E-state index contributed by atoms with van der Waals surface area (Å²) in [6, 6.07) is 5.53. The van der Waals surface area contributed by atoms with Gasteiger partial charge in [-0.2, -0.15) is 0 Å². The molecule has 1 N–H and O–H groups in total. The number of carbonyl (C=O) groups is 1. The summed E-state index contributed by atoms with van der Waals surface area (Å²) in [4.78, 5) is 11.5. The Morgan fingerprint density at radius 2 is 2.16 bits per heavy atom. The summed E-state index contributed by atoms with van der Waals surface area (Å²) in [6.45, 7) is 4.32. The molecule has 1 rings (SSSR count). The summed E-state index contributed by atoms with van der Waals surface area (Å²) in [6.07, 6.45) is 4.48. The molecule has 0 amide bonds. The predicted molar refractivity (Wildman–Crippen MR) is 80.0 cm³/mol. The van der Waals surface area contributed by atoms with Crippen molar-refractivity contribution in [1.82, 2.24) is 0 Å². The number of nitrogens with one attached hydrogen (secondary N) is 1. The van der Waals surface area contributed by atoms with Gasteiger partial charge in [0.2, 0.25) is 0 Å². The SMILES string of the molecule is CCCCC(CC)Nc1cc(C(=O)OC)ccc1Cl. The highest BCUT2D eigenvalue weighted by atomic mass is 35.5. The summed E-state index contributed by atoms with van der Waals surface area (Å²) in [5.41, 5.74) is 1.31. The summed E-state index contributed by atoms with van der Waals surface area (Å²) in [7, 11) is 1.38. The van der Waals surface area contributed by atoms with E-state index >= 15 is 0 Å². The molecular weight excluding hydrogens is 262 g/mol. The molecule has 0 spiro atoms. The Bertz CT molecular complexity index is 421. The zero-order valence-electron chi connectivity index (χ0n) is 11.8. The lowest BCUT2D eigenvalue weighted by Crippen LogP contribution is -2.18. The summed E-state index contributed by atoms with van der Waals surface area (Å²) < 4.78 is 4.72. The first-order chi connectivity index (χ1) is 9.12. The number of hydrogen-bond acceptors (Lipinski definition) is 3. The van der Waals surface area contributed by atoms with Crippen LogP contribution in [0.25, 0.3) is 0 Å². The van der Waals surface area contributed by atoms with Crippen LogP contribution in [0.5, 0.6) is 0 Å². The highest BCUT2D eigenvalue weighted by Crippen LogP contribution is 2.25. The Morgan fingerprint density at radius 3 is 2.74 bits per heavy atom. The minimum atomic E-state index is -0.346. The molecule has 106 valence electrons. The molecule has 1 unspecified atom stereocenters. The third-order valence-corrected chi connectivity index (χ3v) is 3.48. The molecule has 0 radical (unpaired) electrons. The molecule has 3 nitrogen and oxygen atoms in total. The second kappa shape index (κ2) is 8.05. The van der Waals surface area contributed by atoms with E-state index in [-0.39, 0.29) is 5.97 Å². The minimum Gasteiger partial charge on any atom is -0.465 e. The van der Waals surface area contributed by atoms with Crippen LogP contribution in [-0.2, 0) is 4.74 Å². The van der Waals surface area contributed by atoms with E-state index in [2.05, 4.69) is 19.2 Å². The van der Waals surface area contributed by atoms with E-state index in [0.717, 1.165) is 18.5 Å². The number of esters is 1. The van der Waals surface area contributed by atoms with Crippen LogP contribution in [0.2, 0.25) is 5.02 Å². The van der Waals surface area contributed by atoms with Crippen LogP contribution in [0, 0.1) is 0 Å². The number of ether oxygens (including phenoxy) is 1. The van der Waals surface area contributed by atoms with Crippen molar-refractivity contribution in [3.63, 3.8) is 0 Å². The molecule has 19 heavy (non-hydrogen) atoms. The highest BCUT2D eigenvalue weighted by Gasteiger charge is 2.12. The van der Waals surface area contributed by atoms with Gasteiger partial charge in [0.15, 0.2) is 0 Å². The number of carbonyl (C=O) groups excluding carboxylic acids is 1. The molecule has 0 saturated heterocycles. The van der Waals surface area contributed by atoms with Crippen LogP contribution >= 0.6 is 11.6 Å². The number of anilines is 1. The van der Waals surface area contributed by atoms with Crippen molar-refractivity contribution in [3.05, 3.63) is 28.8 Å². The number of rotatable bonds is 7. The van der Waals surface area contributed by atoms with E-state index in [1.165, 1.54) is 20.0 Å². The van der Waals surface area contributed by atoms with E-state index in [4.69, 9.17) is 16.3 Å². The summed E-state index contributed by atoms with van der Waals surface area (Å²) >= 11 is 6.16. The second-order valence-corrected chi connectivity index (χ2v) is 4.99. The lowest BCUT2D eigenvalue weighted by Gasteiger charge is -2.19. The molecule has 0 heterocycles. The standard InChI is InChI=1S/C15H22ClNO2/c1-4-6-7-12(5-2)17-14-10-11(15(18)19-3)8-9-13(14)16/h8-10,12,17H,4-7H2,1-3H3. The molecule has 1 atom stereocenters. The minimum absolute atomic E-state index is 0.346. The van der Waals surface area contributed by atoms with Gasteiger partial charge in [0.05, 0.1) is 23.4 Å². The predicted octanol–water partition coefficient (Wildman–Crippen LogP) is 4.51. The van der Waals surface area contributed by atoms with Gasteiger partial charge in [-0.3, -0.25) is 0 Å². The van der Waals surface area contributed by atoms with Crippen molar-refractivity contribution >= 4 is 23.3 Å². The Labute approximate surface area is 120 Å². The number of halogens is 1. The van der Waals surface area contributed by atoms with E-state index in [9.17, 15) is 4.79 Å². The molecular formula is C15H22ClNO2. The Hall–Kier alpha value is -1.22. The average molecular weight is 284 g/mol. The van der Waals surface area contributed by atoms with Gasteiger partial charge in [-0.1, -0.05) is 38.3 Å². The molecule has 0 saturated carbocycles. The van der Waals surface area contributed by atoms with Crippen LogP contribution < -0.4 is 5.32 Å². The van der Waals surface area contributed by atoms with Gasteiger partial charge in [-0.05, 0) is 31.0 Å². The first kappa shape index (κ1) is 15.8. The van der Waals surface area contributed by atoms with Crippen molar-refractivity contribution in [2.24, 2.45) is 0 Å². The van der Waals surface area contributed by atoms with Gasteiger partial charge in [-0.25, -0.2) is 4.79 Å². The summed E-state index contributed by atoms with van der Waals surface area (Å²) in [5, 5.41) is 4.04. The normalized spacial score (nSPS) is 12.0. The third kappa shape index (κ3) is 4.75. The fourth-order valence-electron chi connectivity index (χ4n) is 1.93. The Morgan fingerprint density at radius 1 is 1.42 bits per heavy atom. The molecule has 1 aromatic carbocycles. The van der Waals surface area contributed by atoms with Gasteiger partial charge in [0.1, 0.15) is 0 Å². The zero-order valence-corrected chi connectivity index (χ0v) is 12.6. The number of hydrogen-bond donors (Lipinski definition) is 1. The first-order valence-corrected chi connectivity index (χ1v) is 7.14. The summed E-state index contributed by atoms with van der Waals surface area (Å²) in [5.74, 6) is -0.346. The maximum atomic E-state index is 11.5. The van der Waals surface area contributed by atoms with Crippen LogP contribution in [0.15, 0.2) is 18.2 Å². The monoisotopic (exact) mass is 283 g/mol. The molecule has 0 aliphatic rings. The van der Waals surface area contributed by atoms with E-state index in [1.807, 2.05) is 0 Å². The highest BCUT2D eigenvalue weighted by molar-refractivity contribution is 6.33. The molecule has 0 fully saturated rings. The molecule has 0 aromatic heterocycles. The van der Waals surface area contributed by atoms with Crippen molar-refractivity contribution in [2.45, 2.75) is 45.6 Å². The maximum Gasteiger partial charge on any atom is 0.337 e. The Kier molecular flexibility index (Phi) is 6.71. The molecule has 0 aliphatic heterocycles. The van der Waals surface area contributed by atoms with Crippen molar-refractivity contribution < 1.29 is 9.53 Å².